The number of nitrogens with zero attached hydrogens (tertiary/aromatic N) is 11. The lowest BCUT2D eigenvalue weighted by Crippen LogP contribution is -2.57. The summed E-state index contributed by atoms with van der Waals surface area (Å²) < 4.78 is 16.3. The molecule has 14 rings (SSSR count). The third-order valence-electron chi connectivity index (χ3n) is 25.0. The number of hydrogen-bond acceptors (Lipinski definition) is 27. The van der Waals surface area contributed by atoms with E-state index in [-0.39, 0.29) is 46.8 Å². The second kappa shape index (κ2) is 52.8. The van der Waals surface area contributed by atoms with E-state index in [1.165, 1.54) is 66.8 Å². The Hall–Kier alpha value is -13.2. The van der Waals surface area contributed by atoms with Gasteiger partial charge in [-0.25, -0.2) is 0 Å². The van der Waals surface area contributed by atoms with Crippen molar-refractivity contribution in [3.63, 3.8) is 0 Å². The topological polar surface area (TPSA) is 490 Å². The molecule has 6 saturated heterocycles. The lowest BCUT2D eigenvalue weighted by Gasteiger charge is -2.32. The molecule has 6 aliphatic rings. The Morgan fingerprint density at radius 2 is 0.788 bits per heavy atom. The van der Waals surface area contributed by atoms with Gasteiger partial charge in [-0.15, -0.1) is 0 Å². The Bertz CT molecular complexity index is 5300. The van der Waals surface area contributed by atoms with Crippen molar-refractivity contribution in [1.82, 2.24) is 29.8 Å². The van der Waals surface area contributed by atoms with Gasteiger partial charge in [0.25, 0.3) is 41.4 Å². The third-order valence-corrected chi connectivity index (χ3v) is 25.0. The molecule has 6 heterocycles. The molecule has 6 fully saturated rings. The van der Waals surface area contributed by atoms with Crippen LogP contribution in [0.5, 0.6) is 5.75 Å². The summed E-state index contributed by atoms with van der Waals surface area (Å²) in [5, 5.41) is 29.7. The minimum atomic E-state index is -1.49. The minimum Gasteiger partial charge on any atom is -0.495 e. The van der Waals surface area contributed by atoms with Crippen LogP contribution in [0.2, 0.25) is 0 Å². The van der Waals surface area contributed by atoms with Gasteiger partial charge in [0.15, 0.2) is 0 Å². The van der Waals surface area contributed by atoms with Gasteiger partial charge >= 0.3 is 0 Å². The molecule has 0 atom stereocenters. The van der Waals surface area contributed by atoms with Crippen LogP contribution in [0, 0.1) is 20.8 Å². The summed E-state index contributed by atoms with van der Waals surface area (Å²) in [6.45, 7) is 28.0. The maximum Gasteiger partial charge on any atom is 0.256 e. The Morgan fingerprint density at radius 3 is 1.23 bits per heavy atom. The SMILES string of the molecule is CCN(CC)C(=O)c1cc(N2CCCC2)c(C)cc1N.CN(C)C(=O)c1cc(N(C)C)ccc1N.CN(C)c1ccc(N)c(C(N)=O)c1.COc1cc(N)c(C(=O)N(Cc2ccccc2)C(C)C)cc1N1CCCCC1.Cc1cc(N)c(C(=O)N2CCCCC2)cc1N1CCCC1.Cc1cc(N)c(C(=O)N2CCOCC2)cc1N1CCOCC1.Nc1ccc(N)c(C(=O)NC(CO)(CO)CO)c1. The molecule has 137 heavy (non-hydrogen) atoms. The van der Waals surface area contributed by atoms with E-state index in [0.717, 1.165) is 155 Å². The lowest BCUT2D eigenvalue weighted by atomic mass is 10.0. The van der Waals surface area contributed by atoms with Crippen LogP contribution in [-0.4, -0.2) is 280 Å². The first-order chi connectivity index (χ1) is 65.3. The van der Waals surface area contributed by atoms with Gasteiger partial charge in [-0.05, 0) is 232 Å². The first-order valence-electron chi connectivity index (χ1n) is 47.4. The molecule has 746 valence electrons. The second-order valence-corrected chi connectivity index (χ2v) is 36.0. The summed E-state index contributed by atoms with van der Waals surface area (Å²) in [5.41, 5.74) is 68.7. The van der Waals surface area contributed by atoms with Gasteiger partial charge in [0.05, 0.1) is 98.0 Å². The number of carbonyl (C=O) groups is 7. The van der Waals surface area contributed by atoms with E-state index in [1.54, 1.807) is 57.6 Å². The van der Waals surface area contributed by atoms with Gasteiger partial charge in [-0.3, -0.25) is 33.6 Å². The number of rotatable bonds is 23. The van der Waals surface area contributed by atoms with E-state index in [9.17, 15) is 33.6 Å². The number of carbonyl (C=O) groups excluding carboxylic acids is 7. The number of aliphatic hydroxyl groups is 3. The number of aryl methyl sites for hydroxylation is 3. The van der Waals surface area contributed by atoms with Crippen LogP contribution in [0.15, 0.2) is 133 Å². The van der Waals surface area contributed by atoms with Crippen LogP contribution in [0.3, 0.4) is 0 Å². The summed E-state index contributed by atoms with van der Waals surface area (Å²) in [4.78, 5) is 108. The van der Waals surface area contributed by atoms with E-state index in [4.69, 9.17) is 81.1 Å². The molecule has 34 heteroatoms. The number of amides is 7. The van der Waals surface area contributed by atoms with Crippen molar-refractivity contribution >= 4 is 121 Å². The number of nitrogens with one attached hydrogen (secondary N) is 1. The zero-order chi connectivity index (χ0) is 100. The standard InChI is InChI=1S/C23H31N3O2.C17H25N3O.C16H23N3O3.C16H25N3O.C11H17N3O4.C11H17N3O.C9H13N3O/c1-17(2)26(16-18-10-6-4-7-11-18)23(27)19-14-21(22(28-3)15-20(19)24)25-12-8-5-9-13-25;1-13-11-15(18)14(12-16(13)19-7-5-6-8-19)17(21)20-9-3-2-4-10-20;1-12-10-14(17)13(16(20)19-4-8-22-9-5-19)11-15(12)18-2-6-21-7-3-18;1-4-18(5-2)16(20)13-11-15(12(3)10-14(13)17)19-8-6-7-9-19;12-7-1-2-9(13)8(3-7)10(18)14-11(4-15,5-16)6-17;1-13(2)8-5-6-10(12)9(7-8)11(15)14(3)4;1-12(2)6-3-4-8(10)7(5-6)9(11)13/h4,6-7,10-11,14-15,17H,5,8-9,12-13,16,24H2,1-3H3;11-12H,2-10,18H2,1H3;10-11H,2-9,17H2,1H3;10-11H,4-9,17H2,1-3H3;1-3,15-17H,4-6,12-13H2,(H,14,18);5-7H,12H2,1-4H3;3-5H,10H2,1-2H3,(H2,11,13). The number of piperidine rings is 2. The zero-order valence-electron chi connectivity index (χ0n) is 82.9. The van der Waals surface area contributed by atoms with Gasteiger partial charge in [0, 0.05) is 227 Å². The van der Waals surface area contributed by atoms with Gasteiger partial charge in [-0.2, -0.15) is 0 Å². The van der Waals surface area contributed by atoms with Crippen molar-refractivity contribution in [2.75, 3.05) is 263 Å². The van der Waals surface area contributed by atoms with Gasteiger partial charge in [0.1, 0.15) is 11.3 Å². The number of nitrogens with two attached hydrogens (primary N) is 9. The first kappa shape index (κ1) is 109. The van der Waals surface area contributed by atoms with Crippen LogP contribution in [-0.2, 0) is 16.0 Å². The summed E-state index contributed by atoms with van der Waals surface area (Å²) in [6, 6.07) is 40.6. The molecule has 0 aromatic heterocycles. The number of primary amides is 1. The average Bonchev–Trinajstić information content (AvgIpc) is 1.18. The molecule has 0 unspecified atom stereocenters. The fraction of sp³-hybridized carbons (Fsp3) is 0.466. The number of aliphatic hydroxyl groups excluding tert-OH is 3. The van der Waals surface area contributed by atoms with Gasteiger partial charge in [-0.1, -0.05) is 30.3 Å². The van der Waals surface area contributed by atoms with Gasteiger partial charge < -0.3 is 140 Å². The molecule has 0 aliphatic carbocycles. The van der Waals surface area contributed by atoms with Crippen molar-refractivity contribution in [3.05, 3.63) is 195 Å². The highest BCUT2D eigenvalue weighted by Crippen LogP contribution is 2.38. The predicted octanol–water partition coefficient (Wildman–Crippen LogP) is 10.4. The number of benzene rings is 8. The number of methoxy groups -OCH3 is 1. The van der Waals surface area contributed by atoms with Crippen molar-refractivity contribution < 1.29 is 63.1 Å². The van der Waals surface area contributed by atoms with E-state index in [0.29, 0.717) is 119 Å². The number of nitrogen functional groups attached to an aromatic ring is 8. The van der Waals surface area contributed by atoms with E-state index in [2.05, 4.69) is 38.8 Å². The summed E-state index contributed by atoms with van der Waals surface area (Å²) in [7, 11) is 12.7. The fourth-order valence-electron chi connectivity index (χ4n) is 16.7. The maximum atomic E-state index is 13.4. The molecule has 0 bridgehead atoms. The van der Waals surface area contributed by atoms with Crippen LogP contribution >= 0.6 is 0 Å². The van der Waals surface area contributed by atoms with Crippen molar-refractivity contribution in [3.8, 4) is 5.75 Å². The summed E-state index contributed by atoms with van der Waals surface area (Å²) >= 11 is 0. The highest BCUT2D eigenvalue weighted by Gasteiger charge is 2.33. The predicted molar refractivity (Wildman–Crippen MR) is 555 cm³/mol. The molecule has 22 N–H and O–H groups in total. The molecule has 7 amide bonds. The Kier molecular flexibility index (Phi) is 42.1. The van der Waals surface area contributed by atoms with Crippen LogP contribution < -0.4 is 91.1 Å². The maximum absolute atomic E-state index is 13.4. The van der Waals surface area contributed by atoms with E-state index in [1.807, 2.05) is 177 Å². The molecule has 8 aromatic carbocycles. The summed E-state index contributed by atoms with van der Waals surface area (Å²) in [5.74, 6) is -0.377. The monoisotopic (exact) mass is 1890 g/mol. The van der Waals surface area contributed by atoms with Crippen molar-refractivity contribution in [1.29, 1.82) is 0 Å². The second-order valence-electron chi connectivity index (χ2n) is 36.0. The molecular formula is C103H151N21O13. The largest absolute Gasteiger partial charge is 0.495 e. The van der Waals surface area contributed by atoms with E-state index < -0.39 is 37.2 Å². The van der Waals surface area contributed by atoms with Gasteiger partial charge in [0.2, 0.25) is 0 Å². The molecular weight excluding hydrogens is 1740 g/mol. The Balaban J connectivity index is 0.000000199. The quantitative estimate of drug-likeness (QED) is 0.0265. The van der Waals surface area contributed by atoms with Crippen molar-refractivity contribution in [2.24, 2.45) is 5.73 Å². The third kappa shape index (κ3) is 30.2. The number of morpholine rings is 2. The number of anilines is 14. The molecule has 0 saturated carbocycles. The van der Waals surface area contributed by atoms with Crippen LogP contribution in [0.25, 0.3) is 0 Å². The highest BCUT2D eigenvalue weighted by atomic mass is 16.5. The van der Waals surface area contributed by atoms with E-state index >= 15 is 0 Å². The number of likely N-dealkylation sites (tertiary alicyclic amines) is 1. The Morgan fingerprint density at radius 1 is 0.416 bits per heavy atom. The van der Waals surface area contributed by atoms with Crippen LogP contribution in [0.4, 0.5) is 79.6 Å². The fourth-order valence-corrected chi connectivity index (χ4v) is 16.7. The van der Waals surface area contributed by atoms with Crippen LogP contribution in [0.1, 0.15) is 187 Å². The number of ether oxygens (including phenoxy) is 3. The lowest BCUT2D eigenvalue weighted by molar-refractivity contribution is 0.0303. The first-order valence-corrected chi connectivity index (χ1v) is 47.4. The molecule has 0 spiro atoms. The highest BCUT2D eigenvalue weighted by molar-refractivity contribution is 6.05. The minimum absolute atomic E-state index is 0.00434. The summed E-state index contributed by atoms with van der Waals surface area (Å²) in [6.07, 6.45) is 11.9. The number of hydrogen-bond donors (Lipinski definition) is 13. The molecule has 8 aromatic rings. The molecule has 34 nitrogen and oxygen atoms in total. The smallest absolute Gasteiger partial charge is 0.256 e. The zero-order valence-corrected chi connectivity index (χ0v) is 82.9. The van der Waals surface area contributed by atoms with Crippen molar-refractivity contribution in [2.45, 2.75) is 131 Å². The Labute approximate surface area is 809 Å². The average molecular weight is 1890 g/mol. The normalized spacial score (nSPS) is 14.6. The molecule has 0 radical (unpaired) electrons. The molecule has 6 aliphatic heterocycles.